The molecule has 1 aromatic carbocycles. The molecule has 1 atom stereocenters. The van der Waals surface area contributed by atoms with Crippen molar-refractivity contribution in [2.75, 3.05) is 20.8 Å². The van der Waals surface area contributed by atoms with E-state index in [2.05, 4.69) is 16.0 Å². The van der Waals surface area contributed by atoms with Gasteiger partial charge in [-0.25, -0.2) is 0 Å². The Labute approximate surface area is 129 Å². The number of hydrogen-bond donors (Lipinski definition) is 1. The van der Waals surface area contributed by atoms with Crippen molar-refractivity contribution in [3.8, 4) is 28.9 Å². The Morgan fingerprint density at radius 1 is 1.18 bits per heavy atom. The van der Waals surface area contributed by atoms with Crippen LogP contribution in [0.2, 0.25) is 0 Å². The predicted octanol–water partition coefficient (Wildman–Crippen LogP) is 1.73. The van der Waals surface area contributed by atoms with E-state index >= 15 is 0 Å². The molecule has 0 radical (unpaired) electrons. The number of hydrogen-bond acceptors (Lipinski definition) is 6. The molecule has 3 rings (SSSR count). The highest BCUT2D eigenvalue weighted by molar-refractivity contribution is 5.69. The summed E-state index contributed by atoms with van der Waals surface area (Å²) in [6.07, 6.45) is 0.810. The van der Waals surface area contributed by atoms with Gasteiger partial charge in [-0.15, -0.1) is 0 Å². The molecule has 0 amide bonds. The number of aromatic nitrogens is 2. The molecule has 0 saturated heterocycles. The Bertz CT molecular complexity index is 681. The van der Waals surface area contributed by atoms with Crippen LogP contribution in [0.1, 0.15) is 11.1 Å². The number of nitrogens with two attached hydrogens (primary N) is 1. The molecule has 6 heteroatoms. The molecule has 1 aliphatic heterocycles. The monoisotopic (exact) mass is 301 g/mol. The Morgan fingerprint density at radius 3 is 2.45 bits per heavy atom. The maximum Gasteiger partial charge on any atom is 0.220 e. The summed E-state index contributed by atoms with van der Waals surface area (Å²) in [5.41, 5.74) is 8.83. The predicted molar refractivity (Wildman–Crippen MR) is 82.5 cm³/mol. The lowest BCUT2D eigenvalue weighted by Gasteiger charge is -2.12. The van der Waals surface area contributed by atoms with Crippen molar-refractivity contribution in [1.82, 2.24) is 9.97 Å². The zero-order valence-electron chi connectivity index (χ0n) is 12.9. The molecule has 116 valence electrons. The number of benzene rings is 1. The molecule has 0 bridgehead atoms. The SMILES string of the molecule is COc1cc(OC)nc(-c2cc(C)cc3c2O[C@H](CN)C3)n1. The van der Waals surface area contributed by atoms with Crippen molar-refractivity contribution in [2.24, 2.45) is 5.73 Å². The summed E-state index contributed by atoms with van der Waals surface area (Å²) in [5, 5.41) is 0. The number of fused-ring (bicyclic) bond motifs is 1. The average molecular weight is 301 g/mol. The Kier molecular flexibility index (Phi) is 3.85. The van der Waals surface area contributed by atoms with Crippen molar-refractivity contribution in [3.63, 3.8) is 0 Å². The molecule has 1 aliphatic rings. The first-order valence-electron chi connectivity index (χ1n) is 7.12. The van der Waals surface area contributed by atoms with Gasteiger partial charge in [-0.2, -0.15) is 9.97 Å². The van der Waals surface area contributed by atoms with Crippen LogP contribution in [0.3, 0.4) is 0 Å². The zero-order valence-corrected chi connectivity index (χ0v) is 12.9. The fraction of sp³-hybridized carbons (Fsp3) is 0.375. The molecule has 2 N–H and O–H groups in total. The summed E-state index contributed by atoms with van der Waals surface area (Å²) in [7, 11) is 3.13. The molecule has 0 saturated carbocycles. The molecule has 0 aliphatic carbocycles. The van der Waals surface area contributed by atoms with E-state index in [0.29, 0.717) is 24.1 Å². The third kappa shape index (κ3) is 2.57. The summed E-state index contributed by atoms with van der Waals surface area (Å²) in [6, 6.07) is 5.76. The van der Waals surface area contributed by atoms with Crippen molar-refractivity contribution in [2.45, 2.75) is 19.4 Å². The molecule has 0 unspecified atom stereocenters. The zero-order chi connectivity index (χ0) is 15.7. The molecule has 2 aromatic rings. The van der Waals surface area contributed by atoms with Gasteiger partial charge >= 0.3 is 0 Å². The van der Waals surface area contributed by atoms with Crippen LogP contribution >= 0.6 is 0 Å². The summed E-state index contributed by atoms with van der Waals surface area (Å²) in [5.74, 6) is 2.22. The number of methoxy groups -OCH3 is 2. The van der Waals surface area contributed by atoms with E-state index in [1.807, 2.05) is 13.0 Å². The highest BCUT2D eigenvalue weighted by atomic mass is 16.5. The van der Waals surface area contributed by atoms with Gasteiger partial charge in [0.15, 0.2) is 5.82 Å². The van der Waals surface area contributed by atoms with Crippen LogP contribution < -0.4 is 19.9 Å². The number of aryl methyl sites for hydroxylation is 1. The van der Waals surface area contributed by atoms with Gasteiger partial charge in [0.25, 0.3) is 0 Å². The second-order valence-corrected chi connectivity index (χ2v) is 5.26. The van der Waals surface area contributed by atoms with Crippen LogP contribution in [0.4, 0.5) is 0 Å². The quantitative estimate of drug-likeness (QED) is 0.926. The van der Waals surface area contributed by atoms with E-state index in [1.165, 1.54) is 0 Å². The largest absolute Gasteiger partial charge is 0.488 e. The van der Waals surface area contributed by atoms with E-state index in [9.17, 15) is 0 Å². The van der Waals surface area contributed by atoms with Crippen LogP contribution in [-0.4, -0.2) is 36.8 Å². The Morgan fingerprint density at radius 2 is 1.86 bits per heavy atom. The van der Waals surface area contributed by atoms with Crippen molar-refractivity contribution >= 4 is 0 Å². The third-order valence-corrected chi connectivity index (χ3v) is 3.64. The normalized spacial score (nSPS) is 16.1. The van der Waals surface area contributed by atoms with E-state index in [-0.39, 0.29) is 6.10 Å². The minimum atomic E-state index is 0.00283. The smallest absolute Gasteiger partial charge is 0.220 e. The first-order chi connectivity index (χ1) is 10.6. The van der Waals surface area contributed by atoms with Gasteiger partial charge < -0.3 is 19.9 Å². The van der Waals surface area contributed by atoms with E-state index < -0.39 is 0 Å². The Hall–Kier alpha value is -2.34. The van der Waals surface area contributed by atoms with Gasteiger partial charge in [-0.1, -0.05) is 6.07 Å². The minimum absolute atomic E-state index is 0.00283. The van der Waals surface area contributed by atoms with Crippen LogP contribution in [0.25, 0.3) is 11.4 Å². The summed E-state index contributed by atoms with van der Waals surface area (Å²) in [4.78, 5) is 8.83. The molecule has 22 heavy (non-hydrogen) atoms. The molecular weight excluding hydrogens is 282 g/mol. The van der Waals surface area contributed by atoms with E-state index in [1.54, 1.807) is 20.3 Å². The van der Waals surface area contributed by atoms with Crippen LogP contribution in [0.15, 0.2) is 18.2 Å². The fourth-order valence-corrected chi connectivity index (χ4v) is 2.62. The maximum atomic E-state index is 5.96. The van der Waals surface area contributed by atoms with Crippen molar-refractivity contribution in [1.29, 1.82) is 0 Å². The fourth-order valence-electron chi connectivity index (χ4n) is 2.62. The molecular formula is C16H19N3O3. The molecule has 1 aromatic heterocycles. The minimum Gasteiger partial charge on any atom is -0.488 e. The first-order valence-corrected chi connectivity index (χ1v) is 7.12. The van der Waals surface area contributed by atoms with Gasteiger partial charge in [0.2, 0.25) is 11.8 Å². The van der Waals surface area contributed by atoms with Gasteiger partial charge in [-0.3, -0.25) is 0 Å². The van der Waals surface area contributed by atoms with E-state index in [4.69, 9.17) is 19.9 Å². The van der Waals surface area contributed by atoms with Gasteiger partial charge in [0.1, 0.15) is 11.9 Å². The highest BCUT2D eigenvalue weighted by Crippen LogP contribution is 2.39. The molecule has 0 spiro atoms. The highest BCUT2D eigenvalue weighted by Gasteiger charge is 2.26. The lowest BCUT2D eigenvalue weighted by Crippen LogP contribution is -2.24. The van der Waals surface area contributed by atoms with Crippen molar-refractivity contribution < 1.29 is 14.2 Å². The molecule has 0 fully saturated rings. The maximum absolute atomic E-state index is 5.96. The molecule has 2 heterocycles. The summed E-state index contributed by atoms with van der Waals surface area (Å²) < 4.78 is 16.4. The van der Waals surface area contributed by atoms with Gasteiger partial charge in [0, 0.05) is 13.0 Å². The van der Waals surface area contributed by atoms with Crippen LogP contribution in [0.5, 0.6) is 17.5 Å². The number of nitrogens with zero attached hydrogens (tertiary/aromatic N) is 2. The lowest BCUT2D eigenvalue weighted by molar-refractivity contribution is 0.242. The van der Waals surface area contributed by atoms with Crippen molar-refractivity contribution in [3.05, 3.63) is 29.3 Å². The van der Waals surface area contributed by atoms with Gasteiger partial charge in [0.05, 0.1) is 25.8 Å². The van der Waals surface area contributed by atoms with E-state index in [0.717, 1.165) is 28.9 Å². The topological polar surface area (TPSA) is 79.5 Å². The molecule has 6 nitrogen and oxygen atoms in total. The second kappa shape index (κ2) is 5.81. The first kappa shape index (κ1) is 14.6. The number of rotatable bonds is 4. The Balaban J connectivity index is 2.13. The van der Waals surface area contributed by atoms with Crippen LogP contribution in [0, 0.1) is 6.92 Å². The summed E-state index contributed by atoms with van der Waals surface area (Å²) in [6.45, 7) is 2.52. The standard InChI is InChI=1S/C16H19N3O3/c1-9-4-10-6-11(8-17)22-15(10)12(5-9)16-18-13(20-2)7-14(19-16)21-3/h4-5,7,11H,6,8,17H2,1-3H3/t11-/m0/s1. The average Bonchev–Trinajstić information content (AvgIpc) is 2.96. The van der Waals surface area contributed by atoms with Gasteiger partial charge in [-0.05, 0) is 24.1 Å². The third-order valence-electron chi connectivity index (χ3n) is 3.64. The number of ether oxygens (including phenoxy) is 3. The lowest BCUT2D eigenvalue weighted by atomic mass is 10.0. The summed E-state index contributed by atoms with van der Waals surface area (Å²) >= 11 is 0. The van der Waals surface area contributed by atoms with Crippen LogP contribution in [-0.2, 0) is 6.42 Å². The second-order valence-electron chi connectivity index (χ2n) is 5.26.